The molecule has 2 aliphatic heterocycles. The van der Waals surface area contributed by atoms with E-state index < -0.39 is 0 Å². The summed E-state index contributed by atoms with van der Waals surface area (Å²) in [6.07, 6.45) is 8.59. The lowest BCUT2D eigenvalue weighted by Crippen LogP contribution is -2.44. The third-order valence-electron chi connectivity index (χ3n) is 4.43. The highest BCUT2D eigenvalue weighted by Crippen LogP contribution is 2.40. The van der Waals surface area contributed by atoms with E-state index in [1.807, 2.05) is 12.4 Å². The van der Waals surface area contributed by atoms with Crippen molar-refractivity contribution in [1.82, 2.24) is 15.3 Å². The summed E-state index contributed by atoms with van der Waals surface area (Å²) < 4.78 is 11.6. The summed E-state index contributed by atoms with van der Waals surface area (Å²) in [5.41, 5.74) is 1.13. The largest absolute Gasteiger partial charge is 0.378 e. The van der Waals surface area contributed by atoms with Crippen molar-refractivity contribution in [3.8, 4) is 0 Å². The van der Waals surface area contributed by atoms with Crippen LogP contribution in [0.1, 0.15) is 37.8 Å². The number of ether oxygens (including phenoxy) is 2. The van der Waals surface area contributed by atoms with E-state index in [-0.39, 0.29) is 5.60 Å². The fraction of sp³-hybridized carbons (Fsp3) is 0.733. The van der Waals surface area contributed by atoms with Crippen molar-refractivity contribution in [3.05, 3.63) is 24.3 Å². The highest BCUT2D eigenvalue weighted by atomic mass is 16.6. The zero-order chi connectivity index (χ0) is 13.8. The lowest BCUT2D eigenvalue weighted by molar-refractivity contribution is -0.103. The van der Waals surface area contributed by atoms with Crippen LogP contribution in [0.15, 0.2) is 18.7 Å². The van der Waals surface area contributed by atoms with Gasteiger partial charge in [-0.25, -0.2) is 9.97 Å². The van der Waals surface area contributed by atoms with Gasteiger partial charge in [0.05, 0.1) is 12.2 Å². The lowest BCUT2D eigenvalue weighted by Gasteiger charge is -2.40. The normalized spacial score (nSPS) is 31.6. The first-order chi connectivity index (χ1) is 9.83. The van der Waals surface area contributed by atoms with E-state index in [0.717, 1.165) is 45.6 Å². The number of nitrogens with zero attached hydrogens (tertiary/aromatic N) is 2. The third-order valence-corrected chi connectivity index (χ3v) is 4.43. The van der Waals surface area contributed by atoms with Gasteiger partial charge < -0.3 is 14.8 Å². The average Bonchev–Trinajstić information content (AvgIpc) is 2.93. The van der Waals surface area contributed by atoms with E-state index in [9.17, 15) is 0 Å². The van der Waals surface area contributed by atoms with Crippen LogP contribution < -0.4 is 5.32 Å². The number of hydrogen-bond acceptors (Lipinski definition) is 5. The van der Waals surface area contributed by atoms with Gasteiger partial charge in [0.1, 0.15) is 6.33 Å². The van der Waals surface area contributed by atoms with Crippen molar-refractivity contribution in [2.24, 2.45) is 5.92 Å². The van der Waals surface area contributed by atoms with Crippen LogP contribution in [0.25, 0.3) is 0 Å². The van der Waals surface area contributed by atoms with Crippen LogP contribution in [0.2, 0.25) is 0 Å². The van der Waals surface area contributed by atoms with E-state index in [0.29, 0.717) is 12.0 Å². The molecule has 2 aliphatic rings. The van der Waals surface area contributed by atoms with Crippen molar-refractivity contribution in [1.29, 1.82) is 0 Å². The average molecular weight is 277 g/mol. The smallest absolute Gasteiger partial charge is 0.115 e. The van der Waals surface area contributed by atoms with Crippen LogP contribution in [0.4, 0.5) is 0 Å². The summed E-state index contributed by atoms with van der Waals surface area (Å²) in [6, 6.07) is 0.308. The molecule has 3 heterocycles. The van der Waals surface area contributed by atoms with E-state index in [1.54, 1.807) is 6.33 Å². The Balaban J connectivity index is 1.77. The minimum atomic E-state index is -0.0494. The molecule has 1 N–H and O–H groups in total. The Kier molecular flexibility index (Phi) is 4.29. The monoisotopic (exact) mass is 277 g/mol. The maximum Gasteiger partial charge on any atom is 0.115 e. The van der Waals surface area contributed by atoms with Gasteiger partial charge in [-0.1, -0.05) is 6.92 Å². The Morgan fingerprint density at radius 3 is 2.95 bits per heavy atom. The fourth-order valence-corrected chi connectivity index (χ4v) is 3.46. The minimum Gasteiger partial charge on any atom is -0.378 e. The molecule has 0 aromatic carbocycles. The van der Waals surface area contributed by atoms with Crippen LogP contribution in [0.3, 0.4) is 0 Å². The summed E-state index contributed by atoms with van der Waals surface area (Å²) in [5, 5.41) is 3.60. The molecule has 0 bridgehead atoms. The second-order valence-corrected chi connectivity index (χ2v) is 5.79. The molecule has 2 saturated heterocycles. The van der Waals surface area contributed by atoms with Crippen molar-refractivity contribution >= 4 is 0 Å². The van der Waals surface area contributed by atoms with E-state index in [1.165, 1.54) is 5.56 Å². The van der Waals surface area contributed by atoms with Gasteiger partial charge in [-0.15, -0.1) is 0 Å². The molecule has 1 spiro atoms. The molecular formula is C15H23N3O2. The number of rotatable bonds is 4. The first kappa shape index (κ1) is 13.9. The van der Waals surface area contributed by atoms with Gasteiger partial charge >= 0.3 is 0 Å². The van der Waals surface area contributed by atoms with E-state index >= 15 is 0 Å². The Labute approximate surface area is 120 Å². The second kappa shape index (κ2) is 6.16. The summed E-state index contributed by atoms with van der Waals surface area (Å²) in [5.74, 6) is 0.552. The number of hydrogen-bond donors (Lipinski definition) is 1. The highest BCUT2D eigenvalue weighted by molar-refractivity contribution is 5.12. The Bertz CT molecular complexity index is 420. The Hall–Kier alpha value is -1.04. The molecule has 1 aromatic rings. The van der Waals surface area contributed by atoms with Gasteiger partial charge in [-0.05, 0) is 25.3 Å². The highest BCUT2D eigenvalue weighted by Gasteiger charge is 2.43. The first-order valence-corrected chi connectivity index (χ1v) is 7.53. The van der Waals surface area contributed by atoms with Gasteiger partial charge in [0.25, 0.3) is 0 Å². The summed E-state index contributed by atoms with van der Waals surface area (Å²) in [4.78, 5) is 8.33. The van der Waals surface area contributed by atoms with Gasteiger partial charge in [-0.2, -0.15) is 0 Å². The number of nitrogens with one attached hydrogen (secondary N) is 1. The predicted octanol–water partition coefficient (Wildman–Crippen LogP) is 1.71. The van der Waals surface area contributed by atoms with Crippen molar-refractivity contribution in [2.45, 2.75) is 37.8 Å². The molecule has 3 rings (SSSR count). The molecular weight excluding hydrogens is 254 g/mol. The topological polar surface area (TPSA) is 56.3 Å². The standard InChI is InChI=1S/C15H23N3O2/c1-2-18-14(13-8-16-11-17-9-13)12-3-5-20-15(7-12)4-6-19-10-15/h8-9,11-12,14,18H,2-7,10H2,1H3. The molecule has 1 aromatic heterocycles. The zero-order valence-corrected chi connectivity index (χ0v) is 12.0. The van der Waals surface area contributed by atoms with Gasteiger partial charge in [0.2, 0.25) is 0 Å². The molecule has 0 radical (unpaired) electrons. The summed E-state index contributed by atoms with van der Waals surface area (Å²) in [7, 11) is 0. The lowest BCUT2D eigenvalue weighted by atomic mass is 9.79. The van der Waals surface area contributed by atoms with Gasteiger partial charge in [0, 0.05) is 43.6 Å². The molecule has 0 aliphatic carbocycles. The maximum atomic E-state index is 6.04. The Morgan fingerprint density at radius 1 is 1.40 bits per heavy atom. The molecule has 2 fully saturated rings. The quantitative estimate of drug-likeness (QED) is 0.908. The second-order valence-electron chi connectivity index (χ2n) is 5.79. The van der Waals surface area contributed by atoms with Gasteiger partial charge in [0.15, 0.2) is 0 Å². The zero-order valence-electron chi connectivity index (χ0n) is 12.0. The van der Waals surface area contributed by atoms with Crippen LogP contribution >= 0.6 is 0 Å². The van der Waals surface area contributed by atoms with Crippen molar-refractivity contribution < 1.29 is 9.47 Å². The van der Waals surface area contributed by atoms with Crippen LogP contribution in [-0.2, 0) is 9.47 Å². The molecule has 5 heteroatoms. The molecule has 110 valence electrons. The molecule has 0 amide bonds. The number of aromatic nitrogens is 2. The minimum absolute atomic E-state index is 0.0494. The van der Waals surface area contributed by atoms with Crippen molar-refractivity contribution in [3.63, 3.8) is 0 Å². The SMILES string of the molecule is CCNC(c1cncnc1)C1CCOC2(CCOC2)C1. The third kappa shape index (κ3) is 2.85. The molecule has 5 nitrogen and oxygen atoms in total. The van der Waals surface area contributed by atoms with Crippen molar-refractivity contribution in [2.75, 3.05) is 26.4 Å². The van der Waals surface area contributed by atoms with E-state index in [4.69, 9.17) is 9.47 Å². The maximum absolute atomic E-state index is 6.04. The summed E-state index contributed by atoms with van der Waals surface area (Å²) in [6.45, 7) is 5.48. The predicted molar refractivity (Wildman–Crippen MR) is 75.3 cm³/mol. The first-order valence-electron chi connectivity index (χ1n) is 7.53. The van der Waals surface area contributed by atoms with Crippen LogP contribution in [-0.4, -0.2) is 41.9 Å². The van der Waals surface area contributed by atoms with E-state index in [2.05, 4.69) is 22.2 Å². The summed E-state index contributed by atoms with van der Waals surface area (Å²) >= 11 is 0. The Morgan fingerprint density at radius 2 is 2.25 bits per heavy atom. The van der Waals surface area contributed by atoms with Crippen LogP contribution in [0, 0.1) is 5.92 Å². The molecule has 3 atom stereocenters. The molecule has 20 heavy (non-hydrogen) atoms. The molecule has 3 unspecified atom stereocenters. The molecule has 0 saturated carbocycles. The van der Waals surface area contributed by atoms with Crippen LogP contribution in [0.5, 0.6) is 0 Å². The van der Waals surface area contributed by atoms with Gasteiger partial charge in [-0.3, -0.25) is 0 Å². The fourth-order valence-electron chi connectivity index (χ4n) is 3.46.